The van der Waals surface area contributed by atoms with Crippen LogP contribution in [0.5, 0.6) is 11.5 Å². The van der Waals surface area contributed by atoms with Crippen molar-refractivity contribution in [1.82, 2.24) is 5.32 Å². The van der Waals surface area contributed by atoms with E-state index in [1.807, 2.05) is 0 Å². The van der Waals surface area contributed by atoms with Gasteiger partial charge in [0.05, 0.1) is 13.7 Å². The number of carbonyl (C=O) groups excluding carboxylic acids is 2. The Morgan fingerprint density at radius 1 is 1.19 bits per heavy atom. The molecule has 1 saturated heterocycles. The Hall–Kier alpha value is -2.20. The number of Topliss-reactive ketones (excluding diaryl/α,β-unsaturated/α-hetero) is 1. The van der Waals surface area contributed by atoms with Crippen molar-refractivity contribution in [3.8, 4) is 11.5 Å². The number of hydrogen-bond donors (Lipinski definition) is 4. The van der Waals surface area contributed by atoms with E-state index in [9.17, 15) is 24.9 Å². The summed E-state index contributed by atoms with van der Waals surface area (Å²) in [5.41, 5.74) is 0.417. The first-order valence-corrected chi connectivity index (χ1v) is 8.03. The Labute approximate surface area is 150 Å². The SMILES string of the molecule is COc1cc(C(C)=O)ccc1O[C@@H]1O[C@H](CO)[C@H](O)[C@@H](O)[C@H]1NC(C)=O. The van der Waals surface area contributed by atoms with Gasteiger partial charge in [-0.15, -0.1) is 0 Å². The summed E-state index contributed by atoms with van der Waals surface area (Å²) in [5.74, 6) is -0.152. The number of nitrogens with one attached hydrogen (secondary N) is 1. The molecule has 4 N–H and O–H groups in total. The summed E-state index contributed by atoms with van der Waals surface area (Å²) in [5, 5.41) is 32.1. The van der Waals surface area contributed by atoms with Gasteiger partial charge in [0.15, 0.2) is 17.3 Å². The molecule has 144 valence electrons. The van der Waals surface area contributed by atoms with E-state index in [1.54, 1.807) is 0 Å². The molecular formula is C17H23NO8. The van der Waals surface area contributed by atoms with E-state index >= 15 is 0 Å². The summed E-state index contributed by atoms with van der Waals surface area (Å²) in [7, 11) is 1.40. The smallest absolute Gasteiger partial charge is 0.223 e. The van der Waals surface area contributed by atoms with E-state index in [0.717, 1.165) is 0 Å². The third-order valence-electron chi connectivity index (χ3n) is 4.06. The number of methoxy groups -OCH3 is 1. The van der Waals surface area contributed by atoms with Crippen LogP contribution in [0, 0.1) is 0 Å². The predicted octanol–water partition coefficient (Wildman–Crippen LogP) is -0.780. The van der Waals surface area contributed by atoms with Gasteiger partial charge in [-0.25, -0.2) is 0 Å². The lowest BCUT2D eigenvalue weighted by molar-refractivity contribution is -0.244. The van der Waals surface area contributed by atoms with E-state index in [0.29, 0.717) is 5.56 Å². The fourth-order valence-corrected chi connectivity index (χ4v) is 2.68. The second-order valence-corrected chi connectivity index (χ2v) is 5.97. The molecule has 0 spiro atoms. The molecule has 5 atom stereocenters. The van der Waals surface area contributed by atoms with Crippen LogP contribution >= 0.6 is 0 Å². The third-order valence-corrected chi connectivity index (χ3v) is 4.06. The maximum absolute atomic E-state index is 11.5. The van der Waals surface area contributed by atoms with Crippen LogP contribution in [0.3, 0.4) is 0 Å². The van der Waals surface area contributed by atoms with Gasteiger partial charge in [0.2, 0.25) is 12.2 Å². The fraction of sp³-hybridized carbons (Fsp3) is 0.529. The van der Waals surface area contributed by atoms with E-state index in [1.165, 1.54) is 39.2 Å². The number of aliphatic hydroxyl groups is 3. The fourth-order valence-electron chi connectivity index (χ4n) is 2.68. The van der Waals surface area contributed by atoms with Gasteiger partial charge in [0.1, 0.15) is 24.4 Å². The minimum absolute atomic E-state index is 0.154. The molecule has 1 fully saturated rings. The molecule has 0 bridgehead atoms. The standard InChI is InChI=1S/C17H23NO8/c1-8(20)10-4-5-11(12(6-10)24-3)25-17-14(18-9(2)21)16(23)15(22)13(7-19)26-17/h4-6,13-17,19,22-23H,7H2,1-3H3,(H,18,21)/t13-,14-,15+,16+,17-/m1/s1. The minimum atomic E-state index is -1.42. The highest BCUT2D eigenvalue weighted by Crippen LogP contribution is 2.32. The van der Waals surface area contributed by atoms with Gasteiger partial charge >= 0.3 is 0 Å². The highest BCUT2D eigenvalue weighted by Gasteiger charge is 2.46. The van der Waals surface area contributed by atoms with Crippen molar-refractivity contribution in [2.45, 2.75) is 44.5 Å². The number of ketones is 1. The summed E-state index contributed by atoms with van der Waals surface area (Å²) < 4.78 is 16.4. The first-order chi connectivity index (χ1) is 12.3. The van der Waals surface area contributed by atoms with Crippen LogP contribution in [-0.4, -0.2) is 71.4 Å². The number of amides is 1. The van der Waals surface area contributed by atoms with E-state index in [-0.39, 0.29) is 17.3 Å². The van der Waals surface area contributed by atoms with Crippen LogP contribution in [0.4, 0.5) is 0 Å². The Bertz CT molecular complexity index is 664. The second kappa shape index (κ2) is 8.45. The van der Waals surface area contributed by atoms with Crippen molar-refractivity contribution in [1.29, 1.82) is 0 Å². The average molecular weight is 369 g/mol. The van der Waals surface area contributed by atoms with Crippen LogP contribution < -0.4 is 14.8 Å². The molecule has 1 aromatic carbocycles. The van der Waals surface area contributed by atoms with E-state index in [4.69, 9.17) is 14.2 Å². The molecule has 2 rings (SSSR count). The summed E-state index contributed by atoms with van der Waals surface area (Å²) in [6, 6.07) is 3.44. The molecule has 0 aromatic heterocycles. The molecule has 9 nitrogen and oxygen atoms in total. The molecule has 0 saturated carbocycles. The van der Waals surface area contributed by atoms with Gasteiger partial charge < -0.3 is 34.8 Å². The maximum atomic E-state index is 11.5. The Balaban J connectivity index is 2.31. The molecule has 1 aromatic rings. The molecule has 26 heavy (non-hydrogen) atoms. The van der Waals surface area contributed by atoms with Crippen LogP contribution in [0.15, 0.2) is 18.2 Å². The van der Waals surface area contributed by atoms with Crippen LogP contribution in [0.1, 0.15) is 24.2 Å². The van der Waals surface area contributed by atoms with Crippen molar-refractivity contribution in [3.63, 3.8) is 0 Å². The van der Waals surface area contributed by atoms with Crippen molar-refractivity contribution in [2.75, 3.05) is 13.7 Å². The first kappa shape index (κ1) is 20.1. The molecule has 0 aliphatic carbocycles. The second-order valence-electron chi connectivity index (χ2n) is 5.97. The summed E-state index contributed by atoms with van der Waals surface area (Å²) in [4.78, 5) is 22.9. The third kappa shape index (κ3) is 4.31. The lowest BCUT2D eigenvalue weighted by atomic mass is 9.97. The van der Waals surface area contributed by atoms with Gasteiger partial charge in [-0.1, -0.05) is 0 Å². The van der Waals surface area contributed by atoms with E-state index < -0.39 is 43.2 Å². The first-order valence-electron chi connectivity index (χ1n) is 8.03. The number of aliphatic hydroxyl groups excluding tert-OH is 3. The Morgan fingerprint density at radius 2 is 1.88 bits per heavy atom. The predicted molar refractivity (Wildman–Crippen MR) is 89.0 cm³/mol. The minimum Gasteiger partial charge on any atom is -0.493 e. The maximum Gasteiger partial charge on any atom is 0.223 e. The van der Waals surface area contributed by atoms with Gasteiger partial charge in [-0.3, -0.25) is 9.59 Å². The zero-order valence-corrected chi connectivity index (χ0v) is 14.7. The lowest BCUT2D eigenvalue weighted by Gasteiger charge is -2.42. The largest absolute Gasteiger partial charge is 0.493 e. The molecule has 9 heteroatoms. The summed E-state index contributed by atoms with van der Waals surface area (Å²) in [6.07, 6.45) is -5.12. The molecular weight excluding hydrogens is 346 g/mol. The molecule has 1 aliphatic heterocycles. The zero-order chi connectivity index (χ0) is 19.4. The monoisotopic (exact) mass is 369 g/mol. The number of ether oxygens (including phenoxy) is 3. The number of hydrogen-bond acceptors (Lipinski definition) is 8. The molecule has 0 radical (unpaired) electrons. The highest BCUT2D eigenvalue weighted by atomic mass is 16.7. The summed E-state index contributed by atoms with van der Waals surface area (Å²) >= 11 is 0. The summed E-state index contributed by atoms with van der Waals surface area (Å²) in [6.45, 7) is 2.11. The van der Waals surface area contributed by atoms with Crippen molar-refractivity contribution < 1.29 is 39.1 Å². The van der Waals surface area contributed by atoms with Crippen molar-refractivity contribution in [3.05, 3.63) is 23.8 Å². The van der Waals surface area contributed by atoms with Crippen molar-refractivity contribution in [2.24, 2.45) is 0 Å². The normalized spacial score (nSPS) is 28.3. The van der Waals surface area contributed by atoms with Gasteiger partial charge in [0, 0.05) is 12.5 Å². The van der Waals surface area contributed by atoms with E-state index in [2.05, 4.69) is 5.32 Å². The topological polar surface area (TPSA) is 135 Å². The highest BCUT2D eigenvalue weighted by molar-refractivity contribution is 5.94. The quantitative estimate of drug-likeness (QED) is 0.480. The number of carbonyl (C=O) groups is 2. The van der Waals surface area contributed by atoms with Gasteiger partial charge in [-0.2, -0.15) is 0 Å². The number of rotatable bonds is 6. The number of benzene rings is 1. The van der Waals surface area contributed by atoms with Crippen LogP contribution in [0.25, 0.3) is 0 Å². The Kier molecular flexibility index (Phi) is 6.54. The molecule has 1 heterocycles. The van der Waals surface area contributed by atoms with Crippen LogP contribution in [-0.2, 0) is 9.53 Å². The van der Waals surface area contributed by atoms with Gasteiger partial charge in [0.25, 0.3) is 0 Å². The average Bonchev–Trinajstić information content (AvgIpc) is 2.60. The molecule has 1 aliphatic rings. The van der Waals surface area contributed by atoms with Crippen LogP contribution in [0.2, 0.25) is 0 Å². The Morgan fingerprint density at radius 3 is 2.42 bits per heavy atom. The lowest BCUT2D eigenvalue weighted by Crippen LogP contribution is -2.65. The van der Waals surface area contributed by atoms with Crippen molar-refractivity contribution >= 4 is 11.7 Å². The van der Waals surface area contributed by atoms with Gasteiger partial charge in [-0.05, 0) is 25.1 Å². The molecule has 1 amide bonds. The molecule has 0 unspecified atom stereocenters. The zero-order valence-electron chi connectivity index (χ0n) is 14.7.